The highest BCUT2D eigenvalue weighted by Crippen LogP contribution is 2.30. The Labute approximate surface area is 186 Å². The van der Waals surface area contributed by atoms with Gasteiger partial charge in [0.25, 0.3) is 20.0 Å². The topological polar surface area (TPSA) is 92.8 Å². The molecule has 1 aliphatic heterocycles. The van der Waals surface area contributed by atoms with E-state index in [1.807, 2.05) is 6.07 Å². The van der Waals surface area contributed by atoms with Gasteiger partial charge in [-0.05, 0) is 71.8 Å². The molecule has 0 atom stereocenters. The minimum absolute atomic E-state index is 0.130. The molecular formula is C21H22N2O5S3. The van der Waals surface area contributed by atoms with Gasteiger partial charge in [0.05, 0.1) is 12.0 Å². The summed E-state index contributed by atoms with van der Waals surface area (Å²) in [5.74, 6) is 0.611. The number of hydrogen-bond acceptors (Lipinski definition) is 6. The number of nitrogens with zero attached hydrogens (tertiary/aromatic N) is 1. The van der Waals surface area contributed by atoms with Crippen molar-refractivity contribution in [1.29, 1.82) is 0 Å². The van der Waals surface area contributed by atoms with E-state index in [1.54, 1.807) is 48.7 Å². The molecule has 2 heterocycles. The summed E-state index contributed by atoms with van der Waals surface area (Å²) in [5.41, 5.74) is 2.91. The largest absolute Gasteiger partial charge is 0.496 e. The van der Waals surface area contributed by atoms with E-state index in [4.69, 9.17) is 4.74 Å². The molecule has 3 aromatic rings. The fourth-order valence-corrected chi connectivity index (χ4v) is 7.27. The summed E-state index contributed by atoms with van der Waals surface area (Å²) in [5, 5.41) is 1.73. The lowest BCUT2D eigenvalue weighted by Gasteiger charge is -2.28. The van der Waals surface area contributed by atoms with Crippen LogP contribution in [0.1, 0.15) is 16.7 Å². The monoisotopic (exact) mass is 478 g/mol. The molecule has 0 saturated heterocycles. The Kier molecular flexibility index (Phi) is 5.82. The van der Waals surface area contributed by atoms with Crippen LogP contribution >= 0.6 is 11.3 Å². The molecule has 0 radical (unpaired) electrons. The molecule has 7 nitrogen and oxygen atoms in total. The maximum atomic E-state index is 12.9. The second-order valence-corrected chi connectivity index (χ2v) is 12.0. The number of aryl methyl sites for hydroxylation is 1. The Morgan fingerprint density at radius 1 is 1.03 bits per heavy atom. The number of benzene rings is 2. The van der Waals surface area contributed by atoms with Crippen molar-refractivity contribution in [3.8, 4) is 5.75 Å². The van der Waals surface area contributed by atoms with E-state index in [0.717, 1.165) is 11.1 Å². The van der Waals surface area contributed by atoms with Gasteiger partial charge in [0.1, 0.15) is 9.96 Å². The van der Waals surface area contributed by atoms with Crippen LogP contribution in [0, 0.1) is 6.92 Å². The van der Waals surface area contributed by atoms with Crippen LogP contribution in [0.3, 0.4) is 0 Å². The van der Waals surface area contributed by atoms with Gasteiger partial charge in [0, 0.05) is 18.8 Å². The maximum absolute atomic E-state index is 12.9. The van der Waals surface area contributed by atoms with Crippen LogP contribution in [0.2, 0.25) is 0 Å². The molecule has 1 aromatic heterocycles. The fourth-order valence-electron chi connectivity index (χ4n) is 3.57. The molecule has 0 saturated carbocycles. The number of hydrogen-bond donors (Lipinski definition) is 1. The highest BCUT2D eigenvalue weighted by molar-refractivity contribution is 7.92. The summed E-state index contributed by atoms with van der Waals surface area (Å²) in [4.78, 5) is 0.130. The van der Waals surface area contributed by atoms with E-state index in [0.29, 0.717) is 34.2 Å². The van der Waals surface area contributed by atoms with Gasteiger partial charge in [-0.2, -0.15) is 4.31 Å². The maximum Gasteiger partial charge on any atom is 0.261 e. The minimum Gasteiger partial charge on any atom is -0.496 e. The van der Waals surface area contributed by atoms with Gasteiger partial charge in [0.15, 0.2) is 0 Å². The molecular weight excluding hydrogens is 456 g/mol. The number of methoxy groups -OCH3 is 1. The second-order valence-electron chi connectivity index (χ2n) is 7.24. The first kappa shape index (κ1) is 21.8. The van der Waals surface area contributed by atoms with E-state index >= 15 is 0 Å². The van der Waals surface area contributed by atoms with E-state index in [1.165, 1.54) is 28.8 Å². The van der Waals surface area contributed by atoms with Gasteiger partial charge in [-0.15, -0.1) is 11.3 Å². The first-order valence-electron chi connectivity index (χ1n) is 9.53. The summed E-state index contributed by atoms with van der Waals surface area (Å²) in [6.45, 7) is 2.37. The van der Waals surface area contributed by atoms with Crippen molar-refractivity contribution in [2.45, 2.75) is 29.0 Å². The second kappa shape index (κ2) is 8.27. The van der Waals surface area contributed by atoms with Crippen LogP contribution in [0.15, 0.2) is 63.0 Å². The Morgan fingerprint density at radius 3 is 2.52 bits per heavy atom. The third kappa shape index (κ3) is 4.33. The zero-order valence-corrected chi connectivity index (χ0v) is 19.5. The molecule has 10 heteroatoms. The lowest BCUT2D eigenvalue weighted by atomic mass is 10.0. The molecule has 0 aliphatic carbocycles. The molecule has 4 rings (SSSR count). The summed E-state index contributed by atoms with van der Waals surface area (Å²) in [7, 11) is -5.83. The average molecular weight is 479 g/mol. The van der Waals surface area contributed by atoms with Crippen molar-refractivity contribution < 1.29 is 21.6 Å². The Hall–Kier alpha value is -2.40. The predicted octanol–water partition coefficient (Wildman–Crippen LogP) is 3.61. The SMILES string of the molecule is COc1ccc(S(=O)(=O)Nc2ccc3c(c2)CN(S(=O)(=O)c2cccs2)CC3)cc1C. The van der Waals surface area contributed by atoms with E-state index in [-0.39, 0.29) is 11.4 Å². The van der Waals surface area contributed by atoms with Crippen molar-refractivity contribution in [3.63, 3.8) is 0 Å². The van der Waals surface area contributed by atoms with Gasteiger partial charge in [-0.25, -0.2) is 16.8 Å². The number of fused-ring (bicyclic) bond motifs is 1. The highest BCUT2D eigenvalue weighted by atomic mass is 32.2. The van der Waals surface area contributed by atoms with Crippen LogP contribution in [0.4, 0.5) is 5.69 Å². The van der Waals surface area contributed by atoms with Crippen molar-refractivity contribution in [2.24, 2.45) is 0 Å². The van der Waals surface area contributed by atoms with Crippen LogP contribution in [-0.2, 0) is 33.0 Å². The zero-order chi connectivity index (χ0) is 22.2. The molecule has 1 N–H and O–H groups in total. The lowest BCUT2D eigenvalue weighted by Crippen LogP contribution is -2.35. The van der Waals surface area contributed by atoms with Gasteiger partial charge in [0.2, 0.25) is 0 Å². The molecule has 0 spiro atoms. The number of rotatable bonds is 6. The summed E-state index contributed by atoms with van der Waals surface area (Å²) in [6, 6.07) is 13.2. The van der Waals surface area contributed by atoms with E-state index in [2.05, 4.69) is 4.72 Å². The van der Waals surface area contributed by atoms with Gasteiger partial charge >= 0.3 is 0 Å². The number of sulfonamides is 2. The van der Waals surface area contributed by atoms with E-state index in [9.17, 15) is 16.8 Å². The van der Waals surface area contributed by atoms with Gasteiger partial charge in [-0.3, -0.25) is 4.72 Å². The molecule has 0 unspecified atom stereocenters. The molecule has 1 aliphatic rings. The zero-order valence-electron chi connectivity index (χ0n) is 17.0. The van der Waals surface area contributed by atoms with Gasteiger partial charge in [-0.1, -0.05) is 12.1 Å². The summed E-state index contributed by atoms with van der Waals surface area (Å²) in [6.07, 6.45) is 0.574. The van der Waals surface area contributed by atoms with Gasteiger partial charge < -0.3 is 4.74 Å². The van der Waals surface area contributed by atoms with E-state index < -0.39 is 20.0 Å². The molecule has 164 valence electrons. The minimum atomic E-state index is -3.80. The highest BCUT2D eigenvalue weighted by Gasteiger charge is 2.29. The average Bonchev–Trinajstić information content (AvgIpc) is 3.28. The van der Waals surface area contributed by atoms with Crippen molar-refractivity contribution >= 4 is 37.1 Å². The molecule has 2 aromatic carbocycles. The number of anilines is 1. The first-order chi connectivity index (χ1) is 14.7. The van der Waals surface area contributed by atoms with Crippen LogP contribution in [0.25, 0.3) is 0 Å². The summed E-state index contributed by atoms with van der Waals surface area (Å²) < 4.78 is 60.9. The quantitative estimate of drug-likeness (QED) is 0.584. The summed E-state index contributed by atoms with van der Waals surface area (Å²) >= 11 is 1.19. The number of ether oxygens (including phenoxy) is 1. The van der Waals surface area contributed by atoms with Crippen molar-refractivity contribution in [1.82, 2.24) is 4.31 Å². The first-order valence-corrected chi connectivity index (χ1v) is 13.3. The Morgan fingerprint density at radius 2 is 1.84 bits per heavy atom. The number of thiophene rings is 1. The molecule has 0 bridgehead atoms. The standard InChI is InChI=1S/C21H22N2O5S3/c1-15-12-19(7-8-20(15)28-2)30(24,25)22-18-6-5-16-9-10-23(14-17(16)13-18)31(26,27)21-4-3-11-29-21/h3-8,11-13,22H,9-10,14H2,1-2H3. The normalized spacial score (nSPS) is 14.8. The van der Waals surface area contributed by atoms with Crippen molar-refractivity contribution in [2.75, 3.05) is 18.4 Å². The lowest BCUT2D eigenvalue weighted by molar-refractivity contribution is 0.392. The third-order valence-corrected chi connectivity index (χ3v) is 9.80. The van der Waals surface area contributed by atoms with Crippen molar-refractivity contribution in [3.05, 3.63) is 70.6 Å². The fraction of sp³-hybridized carbons (Fsp3) is 0.238. The smallest absolute Gasteiger partial charge is 0.261 e. The third-order valence-electron chi connectivity index (χ3n) is 5.20. The van der Waals surface area contributed by atoms with Crippen LogP contribution < -0.4 is 9.46 Å². The van der Waals surface area contributed by atoms with Crippen LogP contribution in [-0.4, -0.2) is 34.8 Å². The van der Waals surface area contributed by atoms with Crippen LogP contribution in [0.5, 0.6) is 5.75 Å². The molecule has 0 amide bonds. The molecule has 0 fully saturated rings. The predicted molar refractivity (Wildman–Crippen MR) is 121 cm³/mol. The molecule has 31 heavy (non-hydrogen) atoms. The number of nitrogens with one attached hydrogen (secondary N) is 1. The Balaban J connectivity index is 1.58. The Bertz CT molecular complexity index is 1320.